The monoisotopic (exact) mass is 335 g/mol. The number of aromatic nitrogens is 1. The van der Waals surface area contributed by atoms with Crippen molar-refractivity contribution in [3.63, 3.8) is 0 Å². The van der Waals surface area contributed by atoms with E-state index in [9.17, 15) is 28.6 Å². The van der Waals surface area contributed by atoms with E-state index in [1.165, 1.54) is 29.1 Å². The van der Waals surface area contributed by atoms with Crippen molar-refractivity contribution in [2.24, 2.45) is 5.73 Å². The molecule has 0 spiro atoms. The minimum absolute atomic E-state index is 0.0936. The van der Waals surface area contributed by atoms with E-state index in [1.54, 1.807) is 0 Å². The minimum Gasteiger partial charge on any atom is -0.790 e. The molecule has 2 heterocycles. The van der Waals surface area contributed by atoms with Crippen molar-refractivity contribution < 1.29 is 42.5 Å². The van der Waals surface area contributed by atoms with Gasteiger partial charge in [-0.2, -0.15) is 4.57 Å². The Morgan fingerprint density at radius 2 is 2.27 bits per heavy atom. The molecule has 1 aromatic rings. The number of nitrogens with two attached hydrogens (primary N) is 1. The average Bonchev–Trinajstić information content (AvgIpc) is 2.72. The molecule has 122 valence electrons. The summed E-state index contributed by atoms with van der Waals surface area (Å²) in [6.07, 6.45) is -3.67. The zero-order valence-electron chi connectivity index (χ0n) is 11.1. The first-order chi connectivity index (χ1) is 10.2. The third-order valence-electron chi connectivity index (χ3n) is 3.09. The number of aliphatic hydroxyl groups excluding tert-OH is 1. The highest BCUT2D eigenvalue weighted by atomic mass is 31.2. The molecule has 9 nitrogen and oxygen atoms in total. The van der Waals surface area contributed by atoms with Gasteiger partial charge in [-0.05, 0) is 6.07 Å². The second kappa shape index (κ2) is 6.37. The number of pyridine rings is 1. The highest BCUT2D eigenvalue weighted by Gasteiger charge is 2.49. The van der Waals surface area contributed by atoms with Crippen LogP contribution in [0, 0.1) is 0 Å². The molecule has 1 aliphatic heterocycles. The summed E-state index contributed by atoms with van der Waals surface area (Å²) in [5, 5.41) is 9.69. The van der Waals surface area contributed by atoms with Gasteiger partial charge in [-0.15, -0.1) is 0 Å². The van der Waals surface area contributed by atoms with Crippen LogP contribution in [0.4, 0.5) is 4.39 Å². The fourth-order valence-electron chi connectivity index (χ4n) is 2.04. The molecule has 0 bridgehead atoms. The van der Waals surface area contributed by atoms with Crippen LogP contribution >= 0.6 is 7.82 Å². The SMILES string of the molecule is NC(=O)c1ccc[n+]([C@@H]2O[C@H](COP(=O)([O-])[O-])C(O)[C@H]2F)c1. The number of carbonyl (C=O) groups is 1. The molecule has 1 aromatic heterocycles. The molecule has 2 rings (SSSR count). The molecule has 0 radical (unpaired) electrons. The topological polar surface area (TPSA) is 149 Å². The van der Waals surface area contributed by atoms with Crippen molar-refractivity contribution in [1.82, 2.24) is 0 Å². The second-order valence-electron chi connectivity index (χ2n) is 4.65. The van der Waals surface area contributed by atoms with E-state index >= 15 is 0 Å². The van der Waals surface area contributed by atoms with Gasteiger partial charge in [-0.1, -0.05) is 0 Å². The largest absolute Gasteiger partial charge is 0.790 e. The predicted octanol–water partition coefficient (Wildman–Crippen LogP) is -2.49. The number of hydrogen-bond acceptors (Lipinski definition) is 7. The maximum atomic E-state index is 14.1. The average molecular weight is 335 g/mol. The van der Waals surface area contributed by atoms with Gasteiger partial charge in [0.25, 0.3) is 12.1 Å². The molecule has 0 aromatic carbocycles. The maximum Gasteiger partial charge on any atom is 0.297 e. The molecule has 0 aliphatic carbocycles. The molecule has 3 N–H and O–H groups in total. The van der Waals surface area contributed by atoms with Gasteiger partial charge in [-0.3, -0.25) is 4.79 Å². The lowest BCUT2D eigenvalue weighted by atomic mass is 10.1. The van der Waals surface area contributed by atoms with Crippen molar-refractivity contribution in [3.05, 3.63) is 30.1 Å². The lowest BCUT2D eigenvalue weighted by Crippen LogP contribution is -2.45. The smallest absolute Gasteiger partial charge is 0.297 e. The quantitative estimate of drug-likeness (QED) is 0.447. The van der Waals surface area contributed by atoms with Gasteiger partial charge in [0, 0.05) is 6.07 Å². The Hall–Kier alpha value is -1.42. The number of aliphatic hydroxyl groups is 1. The molecule has 22 heavy (non-hydrogen) atoms. The molecule has 1 saturated heterocycles. The Labute approximate surface area is 124 Å². The summed E-state index contributed by atoms with van der Waals surface area (Å²) in [6, 6.07) is 2.83. The first-order valence-corrected chi connectivity index (χ1v) is 7.60. The van der Waals surface area contributed by atoms with Gasteiger partial charge >= 0.3 is 0 Å². The van der Waals surface area contributed by atoms with Gasteiger partial charge in [0.2, 0.25) is 6.17 Å². The molecule has 1 amide bonds. The predicted molar refractivity (Wildman–Crippen MR) is 63.5 cm³/mol. The Balaban J connectivity index is 2.14. The Bertz CT molecular complexity index is 610. The van der Waals surface area contributed by atoms with Crippen LogP contribution in [0.3, 0.4) is 0 Å². The second-order valence-corrected chi connectivity index (χ2v) is 5.80. The summed E-state index contributed by atoms with van der Waals surface area (Å²) in [7, 11) is -5.26. The number of alkyl halides is 1. The van der Waals surface area contributed by atoms with Crippen LogP contribution in [0.1, 0.15) is 16.6 Å². The molecular formula is C11H13FN2O7P-. The van der Waals surface area contributed by atoms with Crippen molar-refractivity contribution in [2.75, 3.05) is 6.61 Å². The van der Waals surface area contributed by atoms with Crippen LogP contribution < -0.4 is 20.1 Å². The number of phosphoric acid groups is 1. The van der Waals surface area contributed by atoms with Crippen molar-refractivity contribution in [1.29, 1.82) is 0 Å². The Morgan fingerprint density at radius 1 is 1.59 bits per heavy atom. The normalized spacial score (nSPS) is 28.7. The molecule has 1 fully saturated rings. The number of amides is 1. The van der Waals surface area contributed by atoms with Crippen molar-refractivity contribution >= 4 is 13.7 Å². The van der Waals surface area contributed by atoms with E-state index in [0.717, 1.165) is 0 Å². The number of halogens is 1. The highest BCUT2D eigenvalue weighted by Crippen LogP contribution is 2.32. The van der Waals surface area contributed by atoms with E-state index in [0.29, 0.717) is 0 Å². The summed E-state index contributed by atoms with van der Waals surface area (Å²) >= 11 is 0. The van der Waals surface area contributed by atoms with Crippen LogP contribution in [0.25, 0.3) is 0 Å². The van der Waals surface area contributed by atoms with Crippen LogP contribution in [0.5, 0.6) is 0 Å². The van der Waals surface area contributed by atoms with Crippen LogP contribution in [0.2, 0.25) is 0 Å². The third kappa shape index (κ3) is 3.86. The number of nitrogens with zero attached hydrogens (tertiary/aromatic N) is 1. The van der Waals surface area contributed by atoms with E-state index in [1.807, 2.05) is 0 Å². The van der Waals surface area contributed by atoms with E-state index in [2.05, 4.69) is 4.52 Å². The number of carbonyl (C=O) groups excluding carboxylic acids is 1. The van der Waals surface area contributed by atoms with E-state index in [4.69, 9.17) is 10.5 Å². The third-order valence-corrected chi connectivity index (χ3v) is 3.56. The summed E-state index contributed by atoms with van der Waals surface area (Å²) in [5.41, 5.74) is 5.20. The lowest BCUT2D eigenvalue weighted by Gasteiger charge is -2.29. The first-order valence-electron chi connectivity index (χ1n) is 6.14. The summed E-state index contributed by atoms with van der Waals surface area (Å²) < 4.78 is 34.8. The van der Waals surface area contributed by atoms with Crippen molar-refractivity contribution in [2.45, 2.75) is 24.6 Å². The zero-order chi connectivity index (χ0) is 16.5. The number of hydrogen-bond donors (Lipinski definition) is 2. The number of primary amides is 1. The number of phosphoric ester groups is 1. The van der Waals surface area contributed by atoms with E-state index in [-0.39, 0.29) is 5.56 Å². The maximum absolute atomic E-state index is 14.1. The fraction of sp³-hybridized carbons (Fsp3) is 0.455. The molecule has 4 atom stereocenters. The van der Waals surface area contributed by atoms with Crippen LogP contribution in [0.15, 0.2) is 24.5 Å². The zero-order valence-corrected chi connectivity index (χ0v) is 12.0. The van der Waals surface area contributed by atoms with Gasteiger partial charge in [-0.25, -0.2) is 4.39 Å². The number of rotatable bonds is 5. The van der Waals surface area contributed by atoms with Gasteiger partial charge in [0.15, 0.2) is 12.4 Å². The molecular weight excluding hydrogens is 322 g/mol. The summed E-state index contributed by atoms with van der Waals surface area (Å²) in [6.45, 7) is -0.807. The van der Waals surface area contributed by atoms with Crippen molar-refractivity contribution in [3.8, 4) is 0 Å². The van der Waals surface area contributed by atoms with E-state index < -0.39 is 44.9 Å². The Morgan fingerprint density at radius 3 is 2.86 bits per heavy atom. The Kier molecular flexibility index (Phi) is 4.90. The molecule has 0 saturated carbocycles. The van der Waals surface area contributed by atoms with Gasteiger partial charge in [0.1, 0.15) is 17.8 Å². The number of ether oxygens (including phenoxy) is 1. The minimum atomic E-state index is -5.26. The fourth-order valence-corrected chi connectivity index (χ4v) is 2.37. The standard InChI is InChI=1S/C11H14FN2O7P/c12-8-9(15)7(5-20-22(17,18)19)21-11(8)14-3-1-2-6(4-14)10(13)16/h1-4,7-9,11,15H,5H2,(H3-,13,16,17,18,19)/p-1/t7-,8-,9?,11-/m1/s1. The van der Waals surface area contributed by atoms with Gasteiger partial charge < -0.3 is 34.5 Å². The summed E-state index contributed by atoms with van der Waals surface area (Å²) in [5.74, 6) is -0.734. The van der Waals surface area contributed by atoms with Gasteiger partial charge in [0.05, 0.1) is 14.4 Å². The highest BCUT2D eigenvalue weighted by molar-refractivity contribution is 7.43. The lowest BCUT2D eigenvalue weighted by molar-refractivity contribution is -0.764. The van der Waals surface area contributed by atoms with Crippen LogP contribution in [-0.2, 0) is 13.8 Å². The first kappa shape index (κ1) is 16.9. The van der Waals surface area contributed by atoms with Crippen LogP contribution in [-0.4, -0.2) is 36.0 Å². The molecule has 1 unspecified atom stereocenters. The molecule has 1 aliphatic rings. The summed E-state index contributed by atoms with van der Waals surface area (Å²) in [4.78, 5) is 31.9. The molecule has 11 heteroatoms.